The molecule has 0 aliphatic heterocycles. The first-order valence-electron chi connectivity index (χ1n) is 8.47. The summed E-state index contributed by atoms with van der Waals surface area (Å²) >= 11 is 1.59. The molecule has 0 unspecified atom stereocenters. The first-order valence-corrected chi connectivity index (χ1v) is 9.45. The van der Waals surface area contributed by atoms with E-state index in [9.17, 15) is 4.79 Å². The van der Waals surface area contributed by atoms with Gasteiger partial charge in [0.1, 0.15) is 5.82 Å². The molecule has 0 aliphatic carbocycles. The minimum absolute atomic E-state index is 0.0408. The van der Waals surface area contributed by atoms with Gasteiger partial charge in [0, 0.05) is 43.2 Å². The van der Waals surface area contributed by atoms with E-state index < -0.39 is 0 Å². The lowest BCUT2D eigenvalue weighted by Gasteiger charge is -2.13. The van der Waals surface area contributed by atoms with E-state index in [1.54, 1.807) is 11.8 Å². The number of carbonyl (C=O) groups excluding carboxylic acids is 1. The van der Waals surface area contributed by atoms with Gasteiger partial charge in [-0.1, -0.05) is 30.8 Å². The number of amides is 1. The van der Waals surface area contributed by atoms with Crippen LogP contribution in [-0.2, 0) is 12.2 Å². The fourth-order valence-corrected chi connectivity index (χ4v) is 3.05. The van der Waals surface area contributed by atoms with E-state index in [2.05, 4.69) is 22.2 Å². The number of nitrogens with one attached hydrogen (secondary N) is 1. The van der Waals surface area contributed by atoms with E-state index in [1.165, 1.54) is 0 Å². The standard InChI is InChI=1S/C19H26N4OS/c1-6-16-11-17(23(4)5)22-19(21-16)25-12-14-8-7-9-15(10-14)18(24)20-13(2)3/h7-11,13H,6,12H2,1-5H3,(H,20,24). The van der Waals surface area contributed by atoms with Crippen LogP contribution in [0.5, 0.6) is 0 Å². The van der Waals surface area contributed by atoms with E-state index in [4.69, 9.17) is 0 Å². The molecule has 1 N–H and O–H groups in total. The second-order valence-electron chi connectivity index (χ2n) is 6.37. The Bertz CT molecular complexity index is 731. The predicted molar refractivity (Wildman–Crippen MR) is 104 cm³/mol. The van der Waals surface area contributed by atoms with E-state index >= 15 is 0 Å². The van der Waals surface area contributed by atoms with Gasteiger partial charge in [0.15, 0.2) is 5.16 Å². The highest BCUT2D eigenvalue weighted by molar-refractivity contribution is 7.98. The fraction of sp³-hybridized carbons (Fsp3) is 0.421. The van der Waals surface area contributed by atoms with Gasteiger partial charge in [-0.3, -0.25) is 4.79 Å². The third kappa shape index (κ3) is 5.74. The molecule has 6 heteroatoms. The zero-order valence-electron chi connectivity index (χ0n) is 15.5. The highest BCUT2D eigenvalue weighted by Gasteiger charge is 2.09. The number of anilines is 1. The second kappa shape index (κ2) is 8.85. The van der Waals surface area contributed by atoms with Crippen molar-refractivity contribution in [3.8, 4) is 0 Å². The number of benzene rings is 1. The zero-order chi connectivity index (χ0) is 18.4. The van der Waals surface area contributed by atoms with Crippen LogP contribution < -0.4 is 10.2 Å². The summed E-state index contributed by atoms with van der Waals surface area (Å²) < 4.78 is 0. The number of hydrogen-bond donors (Lipinski definition) is 1. The van der Waals surface area contributed by atoms with Crippen molar-refractivity contribution in [3.05, 3.63) is 47.2 Å². The fourth-order valence-electron chi connectivity index (χ4n) is 2.23. The Morgan fingerprint density at radius 3 is 2.64 bits per heavy atom. The number of carbonyl (C=O) groups is 1. The van der Waals surface area contributed by atoms with Crippen molar-refractivity contribution in [1.82, 2.24) is 15.3 Å². The lowest BCUT2D eigenvalue weighted by atomic mass is 10.1. The van der Waals surface area contributed by atoms with Crippen LogP contribution in [0.3, 0.4) is 0 Å². The molecule has 0 bridgehead atoms. The number of aromatic nitrogens is 2. The molecule has 0 saturated carbocycles. The molecule has 0 aliphatic rings. The van der Waals surface area contributed by atoms with Gasteiger partial charge >= 0.3 is 0 Å². The quantitative estimate of drug-likeness (QED) is 0.606. The molecule has 2 rings (SSSR count). The Morgan fingerprint density at radius 2 is 2.00 bits per heavy atom. The van der Waals surface area contributed by atoms with Crippen molar-refractivity contribution < 1.29 is 4.79 Å². The van der Waals surface area contributed by atoms with Crippen LogP contribution in [0.1, 0.15) is 42.4 Å². The first-order chi connectivity index (χ1) is 11.9. The maximum absolute atomic E-state index is 12.1. The summed E-state index contributed by atoms with van der Waals surface area (Å²) in [6.45, 7) is 6.00. The summed E-state index contributed by atoms with van der Waals surface area (Å²) in [5.74, 6) is 1.60. The summed E-state index contributed by atoms with van der Waals surface area (Å²) in [5.41, 5.74) is 2.80. The van der Waals surface area contributed by atoms with Crippen LogP contribution in [0.2, 0.25) is 0 Å². The van der Waals surface area contributed by atoms with Gasteiger partial charge in [0.2, 0.25) is 0 Å². The lowest BCUT2D eigenvalue weighted by Crippen LogP contribution is -2.30. The zero-order valence-corrected chi connectivity index (χ0v) is 16.4. The average molecular weight is 359 g/mol. The van der Waals surface area contributed by atoms with Crippen LogP contribution in [0.15, 0.2) is 35.5 Å². The van der Waals surface area contributed by atoms with Crippen LogP contribution in [-0.4, -0.2) is 36.0 Å². The van der Waals surface area contributed by atoms with E-state index in [0.717, 1.165) is 34.4 Å². The Hall–Kier alpha value is -2.08. The molecule has 5 nitrogen and oxygen atoms in total. The SMILES string of the molecule is CCc1cc(N(C)C)nc(SCc2cccc(C(=O)NC(C)C)c2)n1. The maximum Gasteiger partial charge on any atom is 0.251 e. The molecule has 1 amide bonds. The lowest BCUT2D eigenvalue weighted by molar-refractivity contribution is 0.0943. The van der Waals surface area contributed by atoms with Gasteiger partial charge in [0.05, 0.1) is 0 Å². The van der Waals surface area contributed by atoms with Gasteiger partial charge in [-0.05, 0) is 38.0 Å². The van der Waals surface area contributed by atoms with Crippen molar-refractivity contribution in [3.63, 3.8) is 0 Å². The van der Waals surface area contributed by atoms with Gasteiger partial charge in [0.25, 0.3) is 5.91 Å². The Kier molecular flexibility index (Phi) is 6.82. The monoisotopic (exact) mass is 358 g/mol. The largest absolute Gasteiger partial charge is 0.363 e. The molecule has 2 aromatic rings. The van der Waals surface area contributed by atoms with E-state index in [0.29, 0.717) is 5.56 Å². The van der Waals surface area contributed by atoms with Crippen LogP contribution >= 0.6 is 11.8 Å². The van der Waals surface area contributed by atoms with Crippen LogP contribution in [0, 0.1) is 0 Å². The van der Waals surface area contributed by atoms with Crippen LogP contribution in [0.4, 0.5) is 5.82 Å². The van der Waals surface area contributed by atoms with Gasteiger partial charge in [-0.25, -0.2) is 9.97 Å². The van der Waals surface area contributed by atoms with Crippen molar-refractivity contribution in [2.45, 2.75) is 44.1 Å². The first kappa shape index (κ1) is 19.2. The molecule has 0 radical (unpaired) electrons. The van der Waals surface area contributed by atoms with Crippen LogP contribution in [0.25, 0.3) is 0 Å². The van der Waals surface area contributed by atoms with E-state index in [1.807, 2.05) is 63.2 Å². The number of hydrogen-bond acceptors (Lipinski definition) is 5. The molecule has 1 aromatic carbocycles. The third-order valence-electron chi connectivity index (χ3n) is 3.54. The topological polar surface area (TPSA) is 58.1 Å². The summed E-state index contributed by atoms with van der Waals surface area (Å²) in [6.07, 6.45) is 0.877. The van der Waals surface area contributed by atoms with Crippen molar-refractivity contribution in [2.24, 2.45) is 0 Å². The summed E-state index contributed by atoms with van der Waals surface area (Å²) in [6, 6.07) is 9.85. The highest BCUT2D eigenvalue weighted by atomic mass is 32.2. The van der Waals surface area contributed by atoms with E-state index in [-0.39, 0.29) is 11.9 Å². The molecule has 0 fully saturated rings. The predicted octanol–water partition coefficient (Wildman–Crippen LogP) is 3.54. The Balaban J connectivity index is 2.11. The minimum Gasteiger partial charge on any atom is -0.363 e. The number of rotatable bonds is 7. The molecular weight excluding hydrogens is 332 g/mol. The summed E-state index contributed by atoms with van der Waals surface area (Å²) in [4.78, 5) is 23.3. The van der Waals surface area contributed by atoms with Gasteiger partial charge < -0.3 is 10.2 Å². The second-order valence-corrected chi connectivity index (χ2v) is 7.31. The number of nitrogens with zero attached hydrogens (tertiary/aromatic N) is 3. The molecular formula is C19H26N4OS. The molecule has 134 valence electrons. The number of aryl methyl sites for hydroxylation is 1. The molecule has 0 spiro atoms. The summed E-state index contributed by atoms with van der Waals surface area (Å²) in [7, 11) is 3.96. The normalized spacial score (nSPS) is 10.8. The molecule has 1 aromatic heterocycles. The highest BCUT2D eigenvalue weighted by Crippen LogP contribution is 2.23. The molecule has 25 heavy (non-hydrogen) atoms. The average Bonchev–Trinajstić information content (AvgIpc) is 2.59. The van der Waals surface area contributed by atoms with Crippen molar-refractivity contribution in [1.29, 1.82) is 0 Å². The minimum atomic E-state index is -0.0408. The Labute approximate surface area is 154 Å². The summed E-state index contributed by atoms with van der Waals surface area (Å²) in [5, 5.41) is 3.68. The van der Waals surface area contributed by atoms with Gasteiger partial charge in [-0.15, -0.1) is 0 Å². The van der Waals surface area contributed by atoms with Crippen molar-refractivity contribution in [2.75, 3.05) is 19.0 Å². The molecule has 0 atom stereocenters. The van der Waals surface area contributed by atoms with Crippen molar-refractivity contribution >= 4 is 23.5 Å². The maximum atomic E-state index is 12.1. The number of thioether (sulfide) groups is 1. The van der Waals surface area contributed by atoms with Gasteiger partial charge in [-0.2, -0.15) is 0 Å². The smallest absolute Gasteiger partial charge is 0.251 e. The Morgan fingerprint density at radius 1 is 1.24 bits per heavy atom. The molecule has 1 heterocycles. The molecule has 0 saturated heterocycles. The third-order valence-corrected chi connectivity index (χ3v) is 4.46.